The number of hydrogen-bond donors (Lipinski definition) is 1. The van der Waals surface area contributed by atoms with Crippen molar-refractivity contribution in [2.24, 2.45) is 0 Å². The Balaban J connectivity index is 1.52. The van der Waals surface area contributed by atoms with Gasteiger partial charge in [0, 0.05) is 24.0 Å². The van der Waals surface area contributed by atoms with Crippen molar-refractivity contribution in [1.82, 2.24) is 10.2 Å². The molecule has 2 aromatic rings. The van der Waals surface area contributed by atoms with Crippen LogP contribution in [-0.4, -0.2) is 35.2 Å². The van der Waals surface area contributed by atoms with E-state index < -0.39 is 0 Å². The molecule has 1 aliphatic rings. The van der Waals surface area contributed by atoms with E-state index in [4.69, 9.17) is 11.6 Å². The lowest BCUT2D eigenvalue weighted by atomic mass is 10.1. The third-order valence-corrected chi connectivity index (χ3v) is 4.51. The zero-order valence-corrected chi connectivity index (χ0v) is 15.1. The van der Waals surface area contributed by atoms with Gasteiger partial charge in [-0.15, -0.1) is 0 Å². The minimum Gasteiger partial charge on any atom is -0.353 e. The molecule has 0 bridgehead atoms. The lowest BCUT2D eigenvalue weighted by Crippen LogP contribution is -2.38. The summed E-state index contributed by atoms with van der Waals surface area (Å²) in [6.07, 6.45) is 0.727. The van der Waals surface area contributed by atoms with Crippen LogP contribution in [0.5, 0.6) is 0 Å². The fourth-order valence-electron chi connectivity index (χ4n) is 3.07. The minimum absolute atomic E-state index is 0.0715. The highest BCUT2D eigenvalue weighted by molar-refractivity contribution is 6.30. The summed E-state index contributed by atoms with van der Waals surface area (Å²) in [5.41, 5.74) is 1.82. The maximum atomic E-state index is 12.3. The first kappa shape index (κ1) is 18.1. The minimum atomic E-state index is -0.342. The van der Waals surface area contributed by atoms with Gasteiger partial charge < -0.3 is 5.32 Å². The Bertz CT molecular complexity index is 831. The van der Waals surface area contributed by atoms with Gasteiger partial charge in [0.2, 0.25) is 5.91 Å². The first-order chi connectivity index (χ1) is 12.5. The molecular formula is C20H19ClN2O3. The van der Waals surface area contributed by atoms with Crippen molar-refractivity contribution in [3.05, 3.63) is 70.2 Å². The van der Waals surface area contributed by atoms with Crippen LogP contribution < -0.4 is 5.32 Å². The molecule has 134 valence electrons. The molecule has 1 atom stereocenters. The third kappa shape index (κ3) is 3.94. The first-order valence-corrected chi connectivity index (χ1v) is 8.82. The summed E-state index contributed by atoms with van der Waals surface area (Å²) in [4.78, 5) is 37.8. The fraction of sp³-hybridized carbons (Fsp3) is 0.250. The second-order valence-corrected chi connectivity index (χ2v) is 6.80. The van der Waals surface area contributed by atoms with Crippen molar-refractivity contribution < 1.29 is 14.4 Å². The number of rotatable bonds is 6. The Morgan fingerprint density at radius 2 is 1.73 bits per heavy atom. The molecule has 6 heteroatoms. The third-order valence-electron chi connectivity index (χ3n) is 4.28. The molecule has 1 heterocycles. The normalized spacial score (nSPS) is 14.3. The number of carbonyl (C=O) groups is 3. The topological polar surface area (TPSA) is 66.5 Å². The molecule has 3 rings (SSSR count). The highest BCUT2D eigenvalue weighted by atomic mass is 35.5. The number of nitrogens with zero attached hydrogens (tertiary/aromatic N) is 1. The van der Waals surface area contributed by atoms with E-state index in [1.54, 1.807) is 30.3 Å². The van der Waals surface area contributed by atoms with Gasteiger partial charge in [-0.25, -0.2) is 0 Å². The molecule has 0 fully saturated rings. The zero-order valence-electron chi connectivity index (χ0n) is 14.4. The molecule has 0 aliphatic carbocycles. The van der Waals surface area contributed by atoms with Gasteiger partial charge in [-0.1, -0.05) is 35.9 Å². The molecule has 2 aromatic carbocycles. The van der Waals surface area contributed by atoms with Crippen LogP contribution in [0, 0.1) is 0 Å². The highest BCUT2D eigenvalue weighted by Crippen LogP contribution is 2.22. The largest absolute Gasteiger partial charge is 0.353 e. The molecule has 0 spiro atoms. The first-order valence-electron chi connectivity index (χ1n) is 8.44. The smallest absolute Gasteiger partial charge is 0.261 e. The Labute approximate surface area is 156 Å². The van der Waals surface area contributed by atoms with Gasteiger partial charge in [0.05, 0.1) is 11.1 Å². The Morgan fingerprint density at radius 3 is 2.35 bits per heavy atom. The standard InChI is InChI=1S/C20H19ClN2O3/c1-13(11-14-5-4-6-15(21)12-14)22-18(24)9-10-23-19(25)16-7-2-3-8-17(16)20(23)26/h2-8,12-13H,9-11H2,1H3,(H,22,24)/t13-/m0/s1. The van der Waals surface area contributed by atoms with Crippen LogP contribution in [0.1, 0.15) is 39.6 Å². The van der Waals surface area contributed by atoms with Crippen molar-refractivity contribution in [2.75, 3.05) is 6.54 Å². The maximum Gasteiger partial charge on any atom is 0.261 e. The monoisotopic (exact) mass is 370 g/mol. The van der Waals surface area contributed by atoms with E-state index in [1.165, 1.54) is 0 Å². The number of nitrogens with one attached hydrogen (secondary N) is 1. The van der Waals surface area contributed by atoms with Crippen molar-refractivity contribution in [3.8, 4) is 0 Å². The van der Waals surface area contributed by atoms with Crippen LogP contribution in [0.2, 0.25) is 5.02 Å². The summed E-state index contributed by atoms with van der Waals surface area (Å²) in [6, 6.07) is 14.1. The summed E-state index contributed by atoms with van der Waals surface area (Å²) >= 11 is 5.97. The fourth-order valence-corrected chi connectivity index (χ4v) is 3.28. The average Bonchev–Trinajstić information content (AvgIpc) is 2.84. The van der Waals surface area contributed by atoms with E-state index >= 15 is 0 Å². The van der Waals surface area contributed by atoms with Crippen LogP contribution in [0.4, 0.5) is 0 Å². The van der Waals surface area contributed by atoms with Crippen LogP contribution in [-0.2, 0) is 11.2 Å². The van der Waals surface area contributed by atoms with E-state index in [9.17, 15) is 14.4 Å². The number of amides is 3. The number of hydrogen-bond acceptors (Lipinski definition) is 3. The van der Waals surface area contributed by atoms with E-state index in [1.807, 2.05) is 25.1 Å². The molecule has 5 nitrogen and oxygen atoms in total. The number of fused-ring (bicyclic) bond motifs is 1. The van der Waals surface area contributed by atoms with Crippen molar-refractivity contribution in [3.63, 3.8) is 0 Å². The van der Waals surface area contributed by atoms with E-state index in [0.717, 1.165) is 10.5 Å². The number of halogens is 1. The zero-order chi connectivity index (χ0) is 18.7. The van der Waals surface area contributed by atoms with Crippen molar-refractivity contribution in [2.45, 2.75) is 25.8 Å². The second kappa shape index (κ2) is 7.70. The number of benzene rings is 2. The van der Waals surface area contributed by atoms with Gasteiger partial charge in [0.1, 0.15) is 0 Å². The molecule has 26 heavy (non-hydrogen) atoms. The van der Waals surface area contributed by atoms with E-state index in [-0.39, 0.29) is 36.7 Å². The van der Waals surface area contributed by atoms with Gasteiger partial charge >= 0.3 is 0 Å². The summed E-state index contributed by atoms with van der Waals surface area (Å²) in [7, 11) is 0. The van der Waals surface area contributed by atoms with Gasteiger partial charge in [-0.05, 0) is 43.2 Å². The number of carbonyl (C=O) groups excluding carboxylic acids is 3. The molecular weight excluding hydrogens is 352 g/mol. The van der Waals surface area contributed by atoms with Crippen LogP contribution in [0.25, 0.3) is 0 Å². The molecule has 3 amide bonds. The Morgan fingerprint density at radius 1 is 1.08 bits per heavy atom. The lowest BCUT2D eigenvalue weighted by molar-refractivity contribution is -0.121. The van der Waals surface area contributed by atoms with Gasteiger partial charge in [0.15, 0.2) is 0 Å². The predicted molar refractivity (Wildman–Crippen MR) is 99.2 cm³/mol. The summed E-state index contributed by atoms with van der Waals surface area (Å²) < 4.78 is 0. The van der Waals surface area contributed by atoms with Crippen molar-refractivity contribution in [1.29, 1.82) is 0 Å². The van der Waals surface area contributed by atoms with Crippen LogP contribution in [0.15, 0.2) is 48.5 Å². The predicted octanol–water partition coefficient (Wildman–Crippen LogP) is 3.07. The summed E-state index contributed by atoms with van der Waals surface area (Å²) in [6.45, 7) is 1.98. The SMILES string of the molecule is C[C@@H](Cc1cccc(Cl)c1)NC(=O)CCN1C(=O)c2ccccc2C1=O. The van der Waals surface area contributed by atoms with E-state index in [2.05, 4.69) is 5.32 Å². The summed E-state index contributed by atoms with van der Waals surface area (Å²) in [5, 5.41) is 3.55. The Kier molecular flexibility index (Phi) is 5.38. The van der Waals surface area contributed by atoms with Crippen LogP contribution in [0.3, 0.4) is 0 Å². The molecule has 0 radical (unpaired) electrons. The quantitative estimate of drug-likeness (QED) is 0.795. The average molecular weight is 371 g/mol. The second-order valence-electron chi connectivity index (χ2n) is 6.36. The molecule has 0 saturated heterocycles. The highest BCUT2D eigenvalue weighted by Gasteiger charge is 2.34. The molecule has 1 N–H and O–H groups in total. The lowest BCUT2D eigenvalue weighted by Gasteiger charge is -2.16. The van der Waals surface area contributed by atoms with Gasteiger partial charge in [0.25, 0.3) is 11.8 Å². The summed E-state index contributed by atoms with van der Waals surface area (Å²) in [5.74, 6) is -0.883. The van der Waals surface area contributed by atoms with E-state index in [0.29, 0.717) is 22.6 Å². The molecule has 0 saturated carbocycles. The van der Waals surface area contributed by atoms with Gasteiger partial charge in [-0.2, -0.15) is 0 Å². The number of imide groups is 1. The molecule has 0 unspecified atom stereocenters. The van der Waals surface area contributed by atoms with Crippen molar-refractivity contribution >= 4 is 29.3 Å². The Hall–Kier alpha value is -2.66. The van der Waals surface area contributed by atoms with Gasteiger partial charge in [-0.3, -0.25) is 19.3 Å². The maximum absolute atomic E-state index is 12.3. The van der Waals surface area contributed by atoms with Crippen LogP contribution >= 0.6 is 11.6 Å². The molecule has 1 aliphatic heterocycles. The molecule has 0 aromatic heterocycles.